The molecule has 9 heteroatoms. The number of nitrogens with one attached hydrogen (secondary N) is 1. The molecule has 0 unspecified atom stereocenters. The predicted molar refractivity (Wildman–Crippen MR) is 65.9 cm³/mol. The third-order valence-electron chi connectivity index (χ3n) is 3.00. The second-order valence-corrected chi connectivity index (χ2v) is 6.05. The Kier molecular flexibility index (Phi) is 5.47. The summed E-state index contributed by atoms with van der Waals surface area (Å²) >= 11 is 0. The highest BCUT2D eigenvalue weighted by Crippen LogP contribution is 2.14. The number of rotatable bonds is 6. The summed E-state index contributed by atoms with van der Waals surface area (Å²) in [5.41, 5.74) is 5.35. The van der Waals surface area contributed by atoms with Gasteiger partial charge in [-0.2, -0.15) is 12.7 Å². The Hall–Kier alpha value is -0.740. The van der Waals surface area contributed by atoms with Gasteiger partial charge in [-0.3, -0.25) is 4.79 Å². The molecular formula is C9H20N4O4S. The van der Waals surface area contributed by atoms with E-state index in [0.717, 1.165) is 30.2 Å². The van der Waals surface area contributed by atoms with Gasteiger partial charge >= 0.3 is 5.97 Å². The fraction of sp³-hybridized carbons (Fsp3) is 0.889. The number of piperidine rings is 1. The average Bonchev–Trinajstić information content (AvgIpc) is 2.28. The molecular weight excluding hydrogens is 260 g/mol. The highest BCUT2D eigenvalue weighted by molar-refractivity contribution is 7.86. The van der Waals surface area contributed by atoms with Crippen LogP contribution in [0.5, 0.6) is 0 Å². The van der Waals surface area contributed by atoms with Gasteiger partial charge in [0.2, 0.25) is 0 Å². The topological polar surface area (TPSA) is 139 Å². The molecule has 1 atom stereocenters. The van der Waals surface area contributed by atoms with Gasteiger partial charge in [-0.05, 0) is 31.8 Å². The molecule has 0 saturated carbocycles. The molecule has 0 aliphatic carbocycles. The maximum absolute atomic E-state index is 11.4. The smallest absolute Gasteiger partial charge is 0.321 e. The highest BCUT2D eigenvalue weighted by Gasteiger charge is 2.27. The van der Waals surface area contributed by atoms with Crippen molar-refractivity contribution in [3.05, 3.63) is 0 Å². The van der Waals surface area contributed by atoms with Gasteiger partial charge in [0, 0.05) is 13.1 Å². The van der Waals surface area contributed by atoms with Crippen molar-refractivity contribution in [2.45, 2.75) is 18.9 Å². The lowest BCUT2D eigenvalue weighted by Gasteiger charge is -2.29. The van der Waals surface area contributed by atoms with Crippen molar-refractivity contribution < 1.29 is 18.3 Å². The molecule has 1 heterocycles. The number of nitrogens with zero attached hydrogens (tertiary/aromatic N) is 1. The molecule has 0 radical (unpaired) electrons. The van der Waals surface area contributed by atoms with Gasteiger partial charge in [-0.1, -0.05) is 0 Å². The Labute approximate surface area is 106 Å². The molecule has 1 rings (SSSR count). The second-order valence-electron chi connectivity index (χ2n) is 4.50. The number of hydrogen-bond acceptors (Lipinski definition) is 5. The van der Waals surface area contributed by atoms with Crippen LogP contribution in [0.4, 0.5) is 0 Å². The van der Waals surface area contributed by atoms with Crippen LogP contribution in [-0.2, 0) is 15.0 Å². The van der Waals surface area contributed by atoms with Crippen molar-refractivity contribution in [2.24, 2.45) is 16.8 Å². The maximum atomic E-state index is 11.4. The first-order chi connectivity index (χ1) is 8.30. The van der Waals surface area contributed by atoms with E-state index in [4.69, 9.17) is 16.0 Å². The number of aliphatic carboxylic acids is 1. The summed E-state index contributed by atoms with van der Waals surface area (Å²) in [5.74, 6) is -1.06. The molecule has 8 nitrogen and oxygen atoms in total. The first-order valence-electron chi connectivity index (χ1n) is 5.77. The Morgan fingerprint density at radius 2 is 2.00 bits per heavy atom. The van der Waals surface area contributed by atoms with Gasteiger partial charge in [-0.15, -0.1) is 0 Å². The van der Waals surface area contributed by atoms with Crippen LogP contribution in [0.2, 0.25) is 0 Å². The Morgan fingerprint density at radius 3 is 2.44 bits per heavy atom. The quantitative estimate of drug-likeness (QED) is 0.440. The Bertz CT molecular complexity index is 380. The van der Waals surface area contributed by atoms with Crippen LogP contribution in [0.1, 0.15) is 12.8 Å². The first kappa shape index (κ1) is 15.3. The minimum atomic E-state index is -3.92. The monoisotopic (exact) mass is 280 g/mol. The zero-order valence-electron chi connectivity index (χ0n) is 10.1. The van der Waals surface area contributed by atoms with E-state index in [-0.39, 0.29) is 19.0 Å². The van der Waals surface area contributed by atoms with Crippen LogP contribution < -0.4 is 16.2 Å². The molecule has 6 N–H and O–H groups in total. The molecule has 18 heavy (non-hydrogen) atoms. The van der Waals surface area contributed by atoms with Gasteiger partial charge in [0.25, 0.3) is 10.2 Å². The van der Waals surface area contributed by atoms with Crippen molar-refractivity contribution in [3.8, 4) is 0 Å². The number of carboxylic acid groups (broad SMARTS) is 1. The molecule has 0 aromatic carbocycles. The van der Waals surface area contributed by atoms with Crippen LogP contribution in [0, 0.1) is 5.92 Å². The van der Waals surface area contributed by atoms with Crippen LogP contribution in [-0.4, -0.2) is 56.0 Å². The fourth-order valence-electron chi connectivity index (χ4n) is 1.93. The lowest BCUT2D eigenvalue weighted by atomic mass is 9.98. The van der Waals surface area contributed by atoms with Gasteiger partial charge in [0.15, 0.2) is 0 Å². The summed E-state index contributed by atoms with van der Waals surface area (Å²) in [6.45, 7) is 1.59. The van der Waals surface area contributed by atoms with Gasteiger partial charge in [-0.25, -0.2) is 5.14 Å². The van der Waals surface area contributed by atoms with Crippen LogP contribution in [0.3, 0.4) is 0 Å². The zero-order chi connectivity index (χ0) is 13.8. The van der Waals surface area contributed by atoms with Crippen LogP contribution >= 0.6 is 0 Å². The minimum absolute atomic E-state index is 0.186. The lowest BCUT2D eigenvalue weighted by Crippen LogP contribution is -2.49. The highest BCUT2D eigenvalue weighted by atomic mass is 32.2. The third-order valence-corrected chi connectivity index (χ3v) is 4.02. The normalized spacial score (nSPS) is 19.9. The predicted octanol–water partition coefficient (Wildman–Crippen LogP) is -2.10. The van der Waals surface area contributed by atoms with E-state index in [0.29, 0.717) is 0 Å². The summed E-state index contributed by atoms with van der Waals surface area (Å²) in [5, 5.41) is 17.0. The number of carbonyl (C=O) groups is 1. The third kappa shape index (κ3) is 4.86. The van der Waals surface area contributed by atoms with Gasteiger partial charge in [0.05, 0.1) is 0 Å². The number of hydrogen-bond donors (Lipinski definition) is 4. The standard InChI is InChI=1S/C9H20N4O4S/c10-8(9(14)15)6-13(18(11,16)17)5-7-1-3-12-4-2-7/h7-8,12H,1-6,10H2,(H,14,15)(H2,11,16,17)/t8-/m0/s1. The van der Waals surface area contributed by atoms with Crippen molar-refractivity contribution >= 4 is 16.2 Å². The van der Waals surface area contributed by atoms with E-state index in [2.05, 4.69) is 5.32 Å². The van der Waals surface area contributed by atoms with Crippen molar-refractivity contribution in [3.63, 3.8) is 0 Å². The largest absolute Gasteiger partial charge is 0.480 e. The van der Waals surface area contributed by atoms with Crippen LogP contribution in [0.25, 0.3) is 0 Å². The van der Waals surface area contributed by atoms with Crippen molar-refractivity contribution in [2.75, 3.05) is 26.2 Å². The summed E-state index contributed by atoms with van der Waals surface area (Å²) < 4.78 is 23.8. The van der Waals surface area contributed by atoms with Crippen molar-refractivity contribution in [1.82, 2.24) is 9.62 Å². The molecule has 0 bridgehead atoms. The number of nitrogens with two attached hydrogens (primary N) is 2. The Morgan fingerprint density at radius 1 is 1.44 bits per heavy atom. The summed E-state index contributed by atoms with van der Waals surface area (Å²) in [4.78, 5) is 10.7. The average molecular weight is 280 g/mol. The SMILES string of the molecule is N[C@@H](CN(CC1CCNCC1)S(N)(=O)=O)C(=O)O. The lowest BCUT2D eigenvalue weighted by molar-refractivity contribution is -0.138. The van der Waals surface area contributed by atoms with Gasteiger partial charge < -0.3 is 16.2 Å². The van der Waals surface area contributed by atoms with E-state index >= 15 is 0 Å². The van der Waals surface area contributed by atoms with E-state index in [1.54, 1.807) is 0 Å². The fourth-order valence-corrected chi connectivity index (χ4v) is 2.72. The molecule has 1 saturated heterocycles. The maximum Gasteiger partial charge on any atom is 0.321 e. The molecule has 1 fully saturated rings. The molecule has 0 spiro atoms. The second kappa shape index (κ2) is 6.43. The Balaban J connectivity index is 2.63. The van der Waals surface area contributed by atoms with E-state index in [1.165, 1.54) is 0 Å². The summed E-state index contributed by atoms with van der Waals surface area (Å²) in [6, 6.07) is -1.26. The molecule has 106 valence electrons. The molecule has 0 aromatic rings. The molecule has 1 aliphatic heterocycles. The number of carboxylic acids is 1. The summed E-state index contributed by atoms with van der Waals surface area (Å²) in [6.07, 6.45) is 1.68. The van der Waals surface area contributed by atoms with Crippen molar-refractivity contribution in [1.29, 1.82) is 0 Å². The van der Waals surface area contributed by atoms with E-state index in [1.807, 2.05) is 0 Å². The molecule has 0 aromatic heterocycles. The van der Waals surface area contributed by atoms with E-state index in [9.17, 15) is 13.2 Å². The van der Waals surface area contributed by atoms with Crippen LogP contribution in [0.15, 0.2) is 0 Å². The molecule has 0 amide bonds. The van der Waals surface area contributed by atoms with E-state index < -0.39 is 22.2 Å². The molecule has 1 aliphatic rings. The minimum Gasteiger partial charge on any atom is -0.480 e. The first-order valence-corrected chi connectivity index (χ1v) is 7.28. The summed E-state index contributed by atoms with van der Waals surface area (Å²) in [7, 11) is -3.92. The van der Waals surface area contributed by atoms with Gasteiger partial charge in [0.1, 0.15) is 6.04 Å². The zero-order valence-corrected chi connectivity index (χ0v) is 10.9.